The van der Waals surface area contributed by atoms with Gasteiger partial charge in [-0.05, 0) is 24.3 Å². The number of amides is 1. The molecule has 0 radical (unpaired) electrons. The summed E-state index contributed by atoms with van der Waals surface area (Å²) < 4.78 is 18.2. The minimum Gasteiger partial charge on any atom is -0.452 e. The Kier molecular flexibility index (Phi) is 5.30. The Balaban J connectivity index is 1.97. The van der Waals surface area contributed by atoms with Crippen LogP contribution in [0.1, 0.15) is 10.4 Å². The second kappa shape index (κ2) is 7.20. The lowest BCUT2D eigenvalue weighted by Gasteiger charge is -2.08. The number of halogens is 3. The molecule has 2 rings (SSSR count). The van der Waals surface area contributed by atoms with Crippen LogP contribution in [0, 0.1) is 5.82 Å². The summed E-state index contributed by atoms with van der Waals surface area (Å²) in [6, 6.07) is 6.87. The quantitative estimate of drug-likeness (QED) is 0.683. The molecule has 0 aliphatic heterocycles. The van der Waals surface area contributed by atoms with Crippen molar-refractivity contribution in [3.8, 4) is 0 Å². The molecule has 2 aromatic rings. The molecule has 22 heavy (non-hydrogen) atoms. The first kappa shape index (κ1) is 16.2. The molecule has 8 heteroatoms. The van der Waals surface area contributed by atoms with Crippen LogP contribution in [0.2, 0.25) is 10.2 Å². The number of carbonyl (C=O) groups is 2. The molecular formula is C14H9Cl2FN2O3. The van der Waals surface area contributed by atoms with E-state index in [9.17, 15) is 14.0 Å². The van der Waals surface area contributed by atoms with Gasteiger partial charge in [0.1, 0.15) is 11.4 Å². The fourth-order valence-electron chi connectivity index (χ4n) is 1.56. The minimum absolute atomic E-state index is 0.0966. The Morgan fingerprint density at radius 3 is 2.68 bits per heavy atom. The molecule has 0 spiro atoms. The molecule has 1 amide bonds. The average Bonchev–Trinajstić information content (AvgIpc) is 2.47. The number of hydrogen-bond acceptors (Lipinski definition) is 4. The summed E-state index contributed by atoms with van der Waals surface area (Å²) in [5.74, 6) is -2.50. The van der Waals surface area contributed by atoms with Crippen LogP contribution < -0.4 is 5.32 Å². The molecule has 114 valence electrons. The number of esters is 1. The Hall–Kier alpha value is -2.18. The van der Waals surface area contributed by atoms with Crippen molar-refractivity contribution in [3.05, 3.63) is 58.1 Å². The van der Waals surface area contributed by atoms with Crippen molar-refractivity contribution in [1.82, 2.24) is 4.98 Å². The van der Waals surface area contributed by atoms with Crippen molar-refractivity contribution in [1.29, 1.82) is 0 Å². The standard InChI is InChI=1S/C14H9Cl2FN2O3/c15-8-3-1-4-9(17)12(8)14(21)22-7-11(20)19-10-5-2-6-18-13(10)16/h1-6H,7H2,(H,19,20). The summed E-state index contributed by atoms with van der Waals surface area (Å²) in [5, 5.41) is 2.41. The third-order valence-corrected chi connectivity index (χ3v) is 3.15. The van der Waals surface area contributed by atoms with Gasteiger partial charge in [0.2, 0.25) is 0 Å². The van der Waals surface area contributed by atoms with Gasteiger partial charge in [-0.2, -0.15) is 0 Å². The molecule has 1 N–H and O–H groups in total. The number of benzene rings is 1. The lowest BCUT2D eigenvalue weighted by atomic mass is 10.2. The molecule has 0 aliphatic carbocycles. The van der Waals surface area contributed by atoms with E-state index >= 15 is 0 Å². The Morgan fingerprint density at radius 2 is 2.00 bits per heavy atom. The maximum atomic E-state index is 13.5. The molecule has 0 unspecified atom stereocenters. The first-order valence-corrected chi connectivity index (χ1v) is 6.76. The molecule has 1 aromatic carbocycles. The van der Waals surface area contributed by atoms with Crippen LogP contribution in [0.5, 0.6) is 0 Å². The van der Waals surface area contributed by atoms with Gasteiger partial charge in [-0.25, -0.2) is 14.2 Å². The minimum atomic E-state index is -1.03. The molecule has 0 saturated heterocycles. The summed E-state index contributed by atoms with van der Waals surface area (Å²) in [4.78, 5) is 27.2. The van der Waals surface area contributed by atoms with E-state index in [1.807, 2.05) is 0 Å². The molecule has 1 heterocycles. The normalized spacial score (nSPS) is 10.1. The zero-order chi connectivity index (χ0) is 16.1. The number of aromatic nitrogens is 1. The molecule has 5 nitrogen and oxygen atoms in total. The SMILES string of the molecule is O=C(COC(=O)c1c(F)cccc1Cl)Nc1cccnc1Cl. The van der Waals surface area contributed by atoms with E-state index in [1.54, 1.807) is 6.07 Å². The summed E-state index contributed by atoms with van der Waals surface area (Å²) in [6.07, 6.45) is 1.46. The van der Waals surface area contributed by atoms with Crippen LogP contribution in [0.15, 0.2) is 36.5 Å². The van der Waals surface area contributed by atoms with Gasteiger partial charge in [0.25, 0.3) is 5.91 Å². The van der Waals surface area contributed by atoms with Gasteiger partial charge in [-0.1, -0.05) is 29.3 Å². The summed E-state index contributed by atoms with van der Waals surface area (Å²) >= 11 is 11.5. The lowest BCUT2D eigenvalue weighted by Crippen LogP contribution is -2.21. The summed E-state index contributed by atoms with van der Waals surface area (Å²) in [5.41, 5.74) is -0.148. The first-order valence-electron chi connectivity index (χ1n) is 6.00. The van der Waals surface area contributed by atoms with Gasteiger partial charge in [0.15, 0.2) is 11.8 Å². The van der Waals surface area contributed by atoms with Gasteiger partial charge in [0, 0.05) is 6.20 Å². The molecular weight excluding hydrogens is 334 g/mol. The van der Waals surface area contributed by atoms with E-state index in [2.05, 4.69) is 10.3 Å². The lowest BCUT2D eigenvalue weighted by molar-refractivity contribution is -0.119. The van der Waals surface area contributed by atoms with Crippen LogP contribution in [0.3, 0.4) is 0 Å². The Bertz CT molecular complexity index is 705. The second-order valence-electron chi connectivity index (χ2n) is 4.06. The number of nitrogens with zero attached hydrogens (tertiary/aromatic N) is 1. The topological polar surface area (TPSA) is 68.3 Å². The Morgan fingerprint density at radius 1 is 1.23 bits per heavy atom. The van der Waals surface area contributed by atoms with Gasteiger partial charge in [-0.3, -0.25) is 4.79 Å². The highest BCUT2D eigenvalue weighted by Gasteiger charge is 2.18. The largest absolute Gasteiger partial charge is 0.452 e. The van der Waals surface area contributed by atoms with E-state index in [-0.39, 0.29) is 15.9 Å². The Labute approximate surface area is 135 Å². The number of anilines is 1. The number of nitrogens with one attached hydrogen (secondary N) is 1. The fourth-order valence-corrected chi connectivity index (χ4v) is 1.97. The number of hydrogen-bond donors (Lipinski definition) is 1. The molecule has 0 atom stereocenters. The monoisotopic (exact) mass is 342 g/mol. The van der Waals surface area contributed by atoms with Crippen molar-refractivity contribution in [2.45, 2.75) is 0 Å². The maximum absolute atomic E-state index is 13.5. The predicted octanol–water partition coefficient (Wildman–Crippen LogP) is 3.32. The molecule has 1 aromatic heterocycles. The van der Waals surface area contributed by atoms with E-state index in [0.717, 1.165) is 6.07 Å². The summed E-state index contributed by atoms with van der Waals surface area (Å²) in [7, 11) is 0. The number of pyridine rings is 1. The van der Waals surface area contributed by atoms with E-state index in [1.165, 1.54) is 24.4 Å². The van der Waals surface area contributed by atoms with Gasteiger partial charge >= 0.3 is 5.97 Å². The van der Waals surface area contributed by atoms with Crippen molar-refractivity contribution < 1.29 is 18.7 Å². The third kappa shape index (κ3) is 3.93. The summed E-state index contributed by atoms with van der Waals surface area (Å²) in [6.45, 7) is -0.616. The van der Waals surface area contributed by atoms with Crippen molar-refractivity contribution in [2.75, 3.05) is 11.9 Å². The molecule has 0 bridgehead atoms. The highest BCUT2D eigenvalue weighted by molar-refractivity contribution is 6.33. The molecule has 0 fully saturated rings. The molecule has 0 saturated carbocycles. The highest BCUT2D eigenvalue weighted by Crippen LogP contribution is 2.20. The van der Waals surface area contributed by atoms with Crippen molar-refractivity contribution >= 4 is 40.8 Å². The van der Waals surface area contributed by atoms with Gasteiger partial charge in [0.05, 0.1) is 10.7 Å². The van der Waals surface area contributed by atoms with Crippen LogP contribution in [0.25, 0.3) is 0 Å². The second-order valence-corrected chi connectivity index (χ2v) is 4.83. The van der Waals surface area contributed by atoms with E-state index in [0.29, 0.717) is 0 Å². The van der Waals surface area contributed by atoms with Crippen LogP contribution >= 0.6 is 23.2 Å². The maximum Gasteiger partial charge on any atom is 0.343 e. The number of rotatable bonds is 4. The van der Waals surface area contributed by atoms with Crippen LogP contribution in [-0.4, -0.2) is 23.5 Å². The first-order chi connectivity index (χ1) is 10.5. The number of carbonyl (C=O) groups excluding carboxylic acids is 2. The highest BCUT2D eigenvalue weighted by atomic mass is 35.5. The smallest absolute Gasteiger partial charge is 0.343 e. The van der Waals surface area contributed by atoms with Crippen LogP contribution in [0.4, 0.5) is 10.1 Å². The van der Waals surface area contributed by atoms with Gasteiger partial charge < -0.3 is 10.1 Å². The zero-order valence-electron chi connectivity index (χ0n) is 11.0. The van der Waals surface area contributed by atoms with Gasteiger partial charge in [-0.15, -0.1) is 0 Å². The van der Waals surface area contributed by atoms with Crippen molar-refractivity contribution in [2.24, 2.45) is 0 Å². The average molecular weight is 343 g/mol. The number of ether oxygens (including phenoxy) is 1. The van der Waals surface area contributed by atoms with E-state index < -0.39 is 29.9 Å². The van der Waals surface area contributed by atoms with Crippen LogP contribution in [-0.2, 0) is 9.53 Å². The third-order valence-electron chi connectivity index (χ3n) is 2.53. The predicted molar refractivity (Wildman–Crippen MR) is 79.6 cm³/mol. The molecule has 0 aliphatic rings. The van der Waals surface area contributed by atoms with E-state index in [4.69, 9.17) is 27.9 Å². The zero-order valence-corrected chi connectivity index (χ0v) is 12.5. The fraction of sp³-hybridized carbons (Fsp3) is 0.0714. The van der Waals surface area contributed by atoms with Crippen molar-refractivity contribution in [3.63, 3.8) is 0 Å².